The Labute approximate surface area is 289 Å². The summed E-state index contributed by atoms with van der Waals surface area (Å²) in [6.07, 6.45) is 2.14. The van der Waals surface area contributed by atoms with Gasteiger partial charge in [0.25, 0.3) is 17.4 Å². The Bertz CT molecular complexity index is 2040. The number of aromatic nitrogens is 3. The number of oxime groups is 1. The topological polar surface area (TPSA) is 280 Å². The molecule has 3 aromatic rings. The number of hydroxylamine groups is 2. The number of benzene rings is 1. The predicted octanol–water partition coefficient (Wildman–Crippen LogP) is 0.158. The molecule has 5 rings (SSSR count). The average Bonchev–Trinajstić information content (AvgIpc) is 3.61. The van der Waals surface area contributed by atoms with E-state index in [0.29, 0.717) is 35.9 Å². The van der Waals surface area contributed by atoms with Gasteiger partial charge in [0.15, 0.2) is 16.9 Å². The fourth-order valence-corrected chi connectivity index (χ4v) is 6.64. The fraction of sp³-hybridized carbons (Fsp3) is 0.448. The van der Waals surface area contributed by atoms with Gasteiger partial charge in [-0.3, -0.25) is 19.6 Å². The van der Waals surface area contributed by atoms with E-state index in [1.54, 1.807) is 23.7 Å². The number of ether oxygens (including phenoxy) is 1. The van der Waals surface area contributed by atoms with Gasteiger partial charge in [0.05, 0.1) is 11.2 Å². The van der Waals surface area contributed by atoms with E-state index in [1.165, 1.54) is 26.2 Å². The SMILES string of the molecule is Cn1c(-c2ccc3c(c2)CCC(C(C)(O/N=C(\C(=O)NC2C(=O)N(OS(=O)(=O)O)C2(C)C)c2csc(N)n2)C(=O)O)O3)cn(CCCN)c1=N. The summed E-state index contributed by atoms with van der Waals surface area (Å²) in [5.74, 6) is -3.03. The summed E-state index contributed by atoms with van der Waals surface area (Å²) < 4.78 is 45.4. The first-order valence-electron chi connectivity index (χ1n) is 15.2. The van der Waals surface area contributed by atoms with Crippen LogP contribution < -0.4 is 27.1 Å². The molecule has 2 aliphatic rings. The molecule has 3 unspecified atom stereocenters. The van der Waals surface area contributed by atoms with Crippen LogP contribution in [-0.2, 0) is 53.9 Å². The van der Waals surface area contributed by atoms with Crippen LogP contribution in [0.3, 0.4) is 0 Å². The number of hydrogen-bond donors (Lipinski definition) is 6. The molecule has 2 aromatic heterocycles. The third-order valence-corrected chi connectivity index (χ3v) is 9.61. The fourth-order valence-electron chi connectivity index (χ4n) is 5.63. The minimum absolute atomic E-state index is 0.0560. The number of hydrogen-bond acceptors (Lipinski definition) is 14. The number of nitrogens with zero attached hydrogens (tertiary/aromatic N) is 5. The van der Waals surface area contributed by atoms with Crippen LogP contribution in [0.15, 0.2) is 34.9 Å². The summed E-state index contributed by atoms with van der Waals surface area (Å²) in [7, 11) is -3.24. The third-order valence-electron chi connectivity index (χ3n) is 8.60. The summed E-state index contributed by atoms with van der Waals surface area (Å²) in [5.41, 5.74) is 10.0. The third kappa shape index (κ3) is 6.94. The Morgan fingerprint density at radius 2 is 2.06 bits per heavy atom. The van der Waals surface area contributed by atoms with Crippen molar-refractivity contribution < 1.29 is 46.3 Å². The van der Waals surface area contributed by atoms with Gasteiger partial charge in [-0.05, 0) is 70.3 Å². The van der Waals surface area contributed by atoms with E-state index >= 15 is 0 Å². The average molecular weight is 736 g/mol. The van der Waals surface area contributed by atoms with Crippen molar-refractivity contribution in [3.8, 4) is 17.0 Å². The molecule has 3 atom stereocenters. The molecular formula is C29H37N9O10S2. The number of carbonyl (C=O) groups excluding carboxylic acids is 2. The number of aliphatic carboxylic acids is 1. The van der Waals surface area contributed by atoms with Gasteiger partial charge in [-0.1, -0.05) is 5.16 Å². The number of aryl methyl sites for hydroxylation is 2. The zero-order valence-electron chi connectivity index (χ0n) is 27.4. The number of β-lactam (4-membered cyclic amide) rings is 1. The number of anilines is 1. The van der Waals surface area contributed by atoms with Crippen molar-refractivity contribution in [2.24, 2.45) is 17.9 Å². The molecule has 8 N–H and O–H groups in total. The van der Waals surface area contributed by atoms with Gasteiger partial charge in [0.2, 0.25) is 5.62 Å². The lowest BCUT2D eigenvalue weighted by Crippen LogP contribution is -2.76. The molecule has 19 nitrogen and oxygen atoms in total. The van der Waals surface area contributed by atoms with Gasteiger partial charge in [0.1, 0.15) is 17.5 Å². The number of carboxylic acids is 1. The molecule has 0 saturated carbocycles. The van der Waals surface area contributed by atoms with Crippen LogP contribution in [0.1, 0.15) is 44.9 Å². The van der Waals surface area contributed by atoms with Crippen LogP contribution in [0.5, 0.6) is 5.75 Å². The molecule has 0 aliphatic carbocycles. The molecule has 0 bridgehead atoms. The number of rotatable bonds is 13. The van der Waals surface area contributed by atoms with Gasteiger partial charge >= 0.3 is 16.4 Å². The molecule has 4 heterocycles. The van der Waals surface area contributed by atoms with E-state index in [2.05, 4.69) is 19.7 Å². The standard InChI is InChI=1S/C29H37N9O10S2/c1-28(2)22(24(40)38(28)48-50(43,44)45)34-23(39)21(17-14-49-26(31)33-17)35-47-29(3,25(41)42)20-9-7-16-12-15(6-8-19(16)46-20)18-13-37(11-5-10-30)27(32)36(18)4/h6,8,12-14,20,22,32H,5,7,9-11,30H2,1-4H3,(H2,31,33)(H,34,39)(H,41,42)(H,43,44,45)/b32-27?,35-21-. The first-order chi connectivity index (χ1) is 23.4. The van der Waals surface area contributed by atoms with Crippen LogP contribution in [0.2, 0.25) is 0 Å². The maximum atomic E-state index is 13.5. The molecule has 1 saturated heterocycles. The Morgan fingerprint density at radius 3 is 2.66 bits per heavy atom. The van der Waals surface area contributed by atoms with E-state index in [4.69, 9.17) is 31.0 Å². The first-order valence-corrected chi connectivity index (χ1v) is 17.5. The molecule has 21 heteroatoms. The molecule has 270 valence electrons. The number of nitrogens with one attached hydrogen (secondary N) is 2. The maximum Gasteiger partial charge on any atom is 0.418 e. The van der Waals surface area contributed by atoms with Gasteiger partial charge in [-0.25, -0.2) is 9.78 Å². The normalized spacial score (nSPS) is 19.9. The second kappa shape index (κ2) is 13.5. The van der Waals surface area contributed by atoms with Gasteiger partial charge in [-0.15, -0.1) is 15.6 Å². The number of thiazole rings is 1. The number of nitrogens with two attached hydrogens (primary N) is 2. The molecule has 1 aromatic carbocycles. The van der Waals surface area contributed by atoms with Crippen LogP contribution in [0, 0.1) is 5.41 Å². The lowest BCUT2D eigenvalue weighted by atomic mass is 9.84. The highest BCUT2D eigenvalue weighted by molar-refractivity contribution is 7.80. The molecule has 2 amide bonds. The van der Waals surface area contributed by atoms with Crippen LogP contribution in [0.4, 0.5) is 5.13 Å². The first kappa shape index (κ1) is 36.5. The molecular weight excluding hydrogens is 699 g/mol. The molecule has 0 spiro atoms. The van der Waals surface area contributed by atoms with Crippen molar-refractivity contribution in [2.45, 2.75) is 69.9 Å². The number of imidazole rings is 1. The highest BCUT2D eigenvalue weighted by Crippen LogP contribution is 2.37. The summed E-state index contributed by atoms with van der Waals surface area (Å²) in [5, 5.41) is 26.9. The van der Waals surface area contributed by atoms with Crippen molar-refractivity contribution in [2.75, 3.05) is 12.3 Å². The van der Waals surface area contributed by atoms with Crippen molar-refractivity contribution in [3.05, 3.63) is 46.7 Å². The summed E-state index contributed by atoms with van der Waals surface area (Å²) in [4.78, 5) is 48.4. The molecule has 0 radical (unpaired) electrons. The second-order valence-corrected chi connectivity index (χ2v) is 14.3. The van der Waals surface area contributed by atoms with E-state index in [9.17, 15) is 27.9 Å². The van der Waals surface area contributed by atoms with E-state index in [-0.39, 0.29) is 17.2 Å². The second-order valence-electron chi connectivity index (χ2n) is 12.4. The number of fused-ring (bicyclic) bond motifs is 1. The van der Waals surface area contributed by atoms with Crippen LogP contribution in [0.25, 0.3) is 11.3 Å². The Balaban J connectivity index is 1.37. The Morgan fingerprint density at radius 1 is 1.34 bits per heavy atom. The van der Waals surface area contributed by atoms with Gasteiger partial charge < -0.3 is 40.6 Å². The van der Waals surface area contributed by atoms with Crippen LogP contribution >= 0.6 is 11.3 Å². The monoisotopic (exact) mass is 735 g/mol. The van der Waals surface area contributed by atoms with Crippen LogP contribution in [-0.4, -0.2) is 90.6 Å². The van der Waals surface area contributed by atoms with Crippen molar-refractivity contribution in [1.29, 1.82) is 5.41 Å². The molecule has 50 heavy (non-hydrogen) atoms. The number of amides is 2. The Kier molecular flexibility index (Phi) is 9.82. The summed E-state index contributed by atoms with van der Waals surface area (Å²) >= 11 is 0.963. The maximum absolute atomic E-state index is 13.5. The largest absolute Gasteiger partial charge is 0.485 e. The Hall–Kier alpha value is -4.83. The van der Waals surface area contributed by atoms with E-state index < -0.39 is 57.2 Å². The summed E-state index contributed by atoms with van der Waals surface area (Å²) in [6, 6.07) is 4.10. The zero-order valence-corrected chi connectivity index (χ0v) is 29.1. The molecule has 2 aliphatic heterocycles. The number of nitrogen functional groups attached to an aromatic ring is 1. The number of carbonyl (C=O) groups is 3. The van der Waals surface area contributed by atoms with Crippen molar-refractivity contribution in [3.63, 3.8) is 0 Å². The van der Waals surface area contributed by atoms with Crippen molar-refractivity contribution >= 4 is 50.4 Å². The van der Waals surface area contributed by atoms with Gasteiger partial charge in [0, 0.05) is 30.7 Å². The minimum atomic E-state index is -5.03. The quantitative estimate of drug-likeness (QED) is 0.0591. The highest BCUT2D eigenvalue weighted by Gasteiger charge is 2.58. The van der Waals surface area contributed by atoms with Gasteiger partial charge in [-0.2, -0.15) is 13.5 Å². The highest BCUT2D eigenvalue weighted by atomic mass is 32.3. The smallest absolute Gasteiger partial charge is 0.418 e. The van der Waals surface area contributed by atoms with Crippen molar-refractivity contribution in [1.82, 2.24) is 24.5 Å². The lowest BCUT2D eigenvalue weighted by molar-refractivity contribution is -0.218. The molecule has 1 fully saturated rings. The minimum Gasteiger partial charge on any atom is -0.485 e. The summed E-state index contributed by atoms with van der Waals surface area (Å²) in [6.45, 7) is 5.09. The zero-order chi connectivity index (χ0) is 36.8. The lowest BCUT2D eigenvalue weighted by Gasteiger charge is -2.50. The number of carboxylic acid groups (broad SMARTS) is 1. The van der Waals surface area contributed by atoms with E-state index in [1.807, 2.05) is 16.8 Å². The predicted molar refractivity (Wildman–Crippen MR) is 177 cm³/mol. The van der Waals surface area contributed by atoms with E-state index in [0.717, 1.165) is 34.6 Å².